The lowest BCUT2D eigenvalue weighted by Crippen LogP contribution is -1.88. The average molecular weight is 192 g/mol. The molecule has 0 N–H and O–H groups in total. The van der Waals surface area contributed by atoms with Gasteiger partial charge in [-0.3, -0.25) is 0 Å². The molecule has 0 bridgehead atoms. The second kappa shape index (κ2) is 3.72. The molecule has 70 valence electrons. The van der Waals surface area contributed by atoms with E-state index in [4.69, 9.17) is 0 Å². The maximum atomic E-state index is 2.56. The molecular weight excluding hydrogens is 175 g/mol. The van der Waals surface area contributed by atoms with Gasteiger partial charge in [0.2, 0.25) is 0 Å². The Bertz CT molecular complexity index is 314. The van der Waals surface area contributed by atoms with Crippen LogP contribution in [0.15, 0.2) is 30.3 Å². The molecule has 13 heavy (non-hydrogen) atoms. The van der Waals surface area contributed by atoms with E-state index in [1.165, 1.54) is 30.7 Å². The molecule has 0 aromatic heterocycles. The van der Waals surface area contributed by atoms with Gasteiger partial charge in [0.25, 0.3) is 0 Å². The molecule has 1 aliphatic rings. The van der Waals surface area contributed by atoms with Crippen molar-refractivity contribution < 1.29 is 0 Å². The Kier molecular flexibility index (Phi) is 2.60. The fourth-order valence-corrected chi connectivity index (χ4v) is 5.35. The van der Waals surface area contributed by atoms with Crippen LogP contribution >= 0.6 is 6.89 Å². The average Bonchev–Trinajstić information content (AvgIpc) is 2.54. The maximum absolute atomic E-state index is 2.56. The highest BCUT2D eigenvalue weighted by atomic mass is 31.2. The van der Waals surface area contributed by atoms with Gasteiger partial charge in [0.05, 0.1) is 0 Å². The van der Waals surface area contributed by atoms with Crippen molar-refractivity contribution in [2.24, 2.45) is 0 Å². The van der Waals surface area contributed by atoms with Crippen LogP contribution in [0.4, 0.5) is 0 Å². The predicted octanol–water partition coefficient (Wildman–Crippen LogP) is 3.28. The molecule has 0 spiro atoms. The standard InChI is InChI=1S/C12H17P/c1-13(9-5-6-10-13)11-12-7-3-2-4-8-12/h2-4,7-8,11H,5-6,9-10H2,1H3. The summed E-state index contributed by atoms with van der Waals surface area (Å²) in [6, 6.07) is 10.8. The number of benzene rings is 1. The van der Waals surface area contributed by atoms with Crippen molar-refractivity contribution in [2.45, 2.75) is 12.8 Å². The Labute approximate surface area is 81.0 Å². The van der Waals surface area contributed by atoms with E-state index in [2.05, 4.69) is 42.8 Å². The van der Waals surface area contributed by atoms with Gasteiger partial charge in [0.15, 0.2) is 0 Å². The van der Waals surface area contributed by atoms with Crippen LogP contribution < -0.4 is 0 Å². The fraction of sp³-hybridized carbons (Fsp3) is 0.417. The van der Waals surface area contributed by atoms with Gasteiger partial charge in [0.1, 0.15) is 0 Å². The van der Waals surface area contributed by atoms with Gasteiger partial charge in [-0.05, 0) is 37.4 Å². The normalized spacial score (nSPS) is 20.1. The Hall–Kier alpha value is -0.480. The molecule has 0 unspecified atom stereocenters. The van der Waals surface area contributed by atoms with Crippen LogP contribution in [0, 0.1) is 0 Å². The first-order valence-corrected chi connectivity index (χ1v) is 7.71. The predicted molar refractivity (Wildman–Crippen MR) is 63.4 cm³/mol. The van der Waals surface area contributed by atoms with Gasteiger partial charge in [0, 0.05) is 0 Å². The van der Waals surface area contributed by atoms with Crippen LogP contribution in [0.25, 0.3) is 0 Å². The first-order chi connectivity index (χ1) is 6.29. The van der Waals surface area contributed by atoms with Crippen molar-refractivity contribution in [1.82, 2.24) is 0 Å². The van der Waals surface area contributed by atoms with Gasteiger partial charge in [-0.25, -0.2) is 0 Å². The highest BCUT2D eigenvalue weighted by molar-refractivity contribution is 7.74. The van der Waals surface area contributed by atoms with Gasteiger partial charge >= 0.3 is 0 Å². The molecule has 1 heteroatoms. The van der Waals surface area contributed by atoms with Crippen molar-refractivity contribution in [2.75, 3.05) is 19.0 Å². The second-order valence-corrected chi connectivity index (χ2v) is 8.28. The van der Waals surface area contributed by atoms with E-state index >= 15 is 0 Å². The summed E-state index contributed by atoms with van der Waals surface area (Å²) in [6.45, 7) is 1.83. The van der Waals surface area contributed by atoms with Crippen LogP contribution in [0.5, 0.6) is 0 Å². The van der Waals surface area contributed by atoms with Crippen LogP contribution in [0.3, 0.4) is 0 Å². The minimum absolute atomic E-state index is 0.667. The van der Waals surface area contributed by atoms with E-state index in [9.17, 15) is 0 Å². The third-order valence-corrected chi connectivity index (χ3v) is 6.45. The summed E-state index contributed by atoms with van der Waals surface area (Å²) in [6.07, 6.45) is 5.85. The molecule has 0 radical (unpaired) electrons. The smallest absolute Gasteiger partial charge is 0.0255 e. The first kappa shape index (κ1) is 9.09. The largest absolute Gasteiger partial charge is 0.107 e. The molecule has 0 atom stereocenters. The molecule has 0 nitrogen and oxygen atoms in total. The molecule has 1 aromatic carbocycles. The Morgan fingerprint density at radius 2 is 1.69 bits per heavy atom. The highest BCUT2D eigenvalue weighted by Gasteiger charge is 2.16. The maximum Gasteiger partial charge on any atom is -0.0255 e. The van der Waals surface area contributed by atoms with Crippen LogP contribution in [0.1, 0.15) is 18.4 Å². The van der Waals surface area contributed by atoms with Crippen molar-refractivity contribution in [3.05, 3.63) is 35.9 Å². The van der Waals surface area contributed by atoms with E-state index in [0.717, 1.165) is 0 Å². The fourth-order valence-electron chi connectivity index (χ4n) is 2.09. The van der Waals surface area contributed by atoms with Gasteiger partial charge in [-0.2, -0.15) is 0 Å². The summed E-state index contributed by atoms with van der Waals surface area (Å²) >= 11 is 0. The molecule has 1 heterocycles. The molecule has 0 amide bonds. The molecule has 1 aromatic rings. The summed E-state index contributed by atoms with van der Waals surface area (Å²) < 4.78 is 0. The van der Waals surface area contributed by atoms with Crippen LogP contribution in [-0.2, 0) is 0 Å². The third-order valence-electron chi connectivity index (χ3n) is 2.85. The summed E-state index contributed by atoms with van der Waals surface area (Å²) in [4.78, 5) is 0. The SMILES string of the molecule is CP1(=Cc2ccccc2)CCCC1. The highest BCUT2D eigenvalue weighted by Crippen LogP contribution is 2.49. The van der Waals surface area contributed by atoms with Gasteiger partial charge < -0.3 is 0 Å². The van der Waals surface area contributed by atoms with Gasteiger partial charge in [-0.15, -0.1) is 6.89 Å². The minimum Gasteiger partial charge on any atom is -0.107 e. The Morgan fingerprint density at radius 1 is 1.08 bits per heavy atom. The third kappa shape index (κ3) is 2.25. The molecule has 2 rings (SSSR count). The summed E-state index contributed by atoms with van der Waals surface area (Å²) in [5.74, 6) is 2.56. The van der Waals surface area contributed by atoms with E-state index in [-0.39, 0.29) is 0 Å². The lowest BCUT2D eigenvalue weighted by Gasteiger charge is -2.12. The van der Waals surface area contributed by atoms with Gasteiger partial charge in [-0.1, -0.05) is 36.1 Å². The molecule has 1 saturated heterocycles. The molecule has 1 aliphatic heterocycles. The zero-order chi connectivity index (χ0) is 9.15. The van der Waals surface area contributed by atoms with Crippen molar-refractivity contribution in [3.8, 4) is 0 Å². The van der Waals surface area contributed by atoms with Crippen molar-refractivity contribution in [3.63, 3.8) is 0 Å². The summed E-state index contributed by atoms with van der Waals surface area (Å²) in [5.41, 5.74) is 1.43. The summed E-state index contributed by atoms with van der Waals surface area (Å²) in [7, 11) is 0. The van der Waals surface area contributed by atoms with E-state index < -0.39 is 6.89 Å². The van der Waals surface area contributed by atoms with E-state index in [1.807, 2.05) is 0 Å². The van der Waals surface area contributed by atoms with Crippen LogP contribution in [-0.4, -0.2) is 24.8 Å². The number of rotatable bonds is 1. The number of hydrogen-bond donors (Lipinski definition) is 0. The zero-order valence-electron chi connectivity index (χ0n) is 8.24. The number of hydrogen-bond acceptors (Lipinski definition) is 0. The van der Waals surface area contributed by atoms with Crippen molar-refractivity contribution in [1.29, 1.82) is 0 Å². The monoisotopic (exact) mass is 192 g/mol. The lowest BCUT2D eigenvalue weighted by molar-refractivity contribution is 0.949. The molecular formula is C12H17P. The zero-order valence-corrected chi connectivity index (χ0v) is 9.13. The Morgan fingerprint density at radius 3 is 2.31 bits per heavy atom. The van der Waals surface area contributed by atoms with Crippen LogP contribution in [0.2, 0.25) is 0 Å². The second-order valence-electron chi connectivity index (χ2n) is 4.17. The molecule has 0 saturated carbocycles. The molecule has 0 aliphatic carbocycles. The topological polar surface area (TPSA) is 0 Å². The van der Waals surface area contributed by atoms with E-state index in [0.29, 0.717) is 0 Å². The molecule has 1 fully saturated rings. The van der Waals surface area contributed by atoms with Crippen molar-refractivity contribution >= 4 is 12.7 Å². The minimum atomic E-state index is -0.667. The quantitative estimate of drug-likeness (QED) is 0.599. The Balaban J connectivity index is 2.29. The summed E-state index contributed by atoms with van der Waals surface area (Å²) in [5, 5.41) is 0. The lowest BCUT2D eigenvalue weighted by atomic mass is 10.2. The van der Waals surface area contributed by atoms with E-state index in [1.54, 1.807) is 0 Å². The first-order valence-electron chi connectivity index (χ1n) is 5.04.